The van der Waals surface area contributed by atoms with Crippen LogP contribution in [0.25, 0.3) is 0 Å². The highest BCUT2D eigenvalue weighted by Gasteiger charge is 2.24. The van der Waals surface area contributed by atoms with Gasteiger partial charge in [0, 0.05) is 12.1 Å². The van der Waals surface area contributed by atoms with E-state index in [1.54, 1.807) is 32.9 Å². The van der Waals surface area contributed by atoms with Crippen molar-refractivity contribution in [1.82, 2.24) is 5.32 Å². The normalized spacial score (nSPS) is 12.9. The molecule has 0 aromatic heterocycles. The van der Waals surface area contributed by atoms with Gasteiger partial charge in [-0.05, 0) is 39.3 Å². The van der Waals surface area contributed by atoms with Crippen LogP contribution in [0.3, 0.4) is 0 Å². The Hall–Kier alpha value is -1.62. The number of hydrogen-bond donors (Lipinski definition) is 2. The average Bonchev–Trinajstić information content (AvgIpc) is 2.31. The maximum absolute atomic E-state index is 13.4. The minimum Gasteiger partial charge on any atom is -0.478 e. The van der Waals surface area contributed by atoms with Gasteiger partial charge in [0.05, 0.1) is 0 Å². The molecule has 1 aromatic carbocycles. The Labute approximate surface area is 112 Å². The molecule has 4 nitrogen and oxygen atoms in total. The average molecular weight is 269 g/mol. The molecule has 0 saturated carbocycles. The number of hydrogen-bond acceptors (Lipinski definition) is 3. The van der Waals surface area contributed by atoms with E-state index in [1.807, 2.05) is 0 Å². The number of halogens is 1. The molecule has 1 rings (SSSR count). The molecule has 5 heteroatoms. The number of nitrogens with one attached hydrogen (secondary N) is 1. The standard InChI is InChI=1S/C14H20FNO3/c1-10(13(18)16-14(2,3)8-9-17)19-12-7-5-4-6-11(12)15/h4-7,10,17H,8-9H2,1-3H3,(H,16,18). The van der Waals surface area contributed by atoms with Gasteiger partial charge in [0.15, 0.2) is 17.7 Å². The second-order valence-electron chi connectivity index (χ2n) is 5.04. The second-order valence-corrected chi connectivity index (χ2v) is 5.04. The van der Waals surface area contributed by atoms with Gasteiger partial charge in [0.25, 0.3) is 5.91 Å². The van der Waals surface area contributed by atoms with Crippen molar-refractivity contribution in [3.63, 3.8) is 0 Å². The van der Waals surface area contributed by atoms with E-state index in [0.717, 1.165) is 0 Å². The molecule has 0 radical (unpaired) electrons. The Morgan fingerprint density at radius 1 is 1.47 bits per heavy atom. The van der Waals surface area contributed by atoms with E-state index in [-0.39, 0.29) is 18.3 Å². The van der Waals surface area contributed by atoms with Crippen molar-refractivity contribution >= 4 is 5.91 Å². The fourth-order valence-electron chi connectivity index (χ4n) is 1.56. The molecule has 1 amide bonds. The molecule has 0 aliphatic rings. The van der Waals surface area contributed by atoms with E-state index in [0.29, 0.717) is 6.42 Å². The van der Waals surface area contributed by atoms with Crippen LogP contribution in [0.1, 0.15) is 27.2 Å². The fraction of sp³-hybridized carbons (Fsp3) is 0.500. The first kappa shape index (κ1) is 15.4. The summed E-state index contributed by atoms with van der Waals surface area (Å²) in [5.74, 6) is -0.802. The molecule has 0 aliphatic heterocycles. The number of aliphatic hydroxyl groups is 1. The van der Waals surface area contributed by atoms with E-state index in [1.165, 1.54) is 12.1 Å². The maximum Gasteiger partial charge on any atom is 0.261 e. The zero-order chi connectivity index (χ0) is 14.5. The van der Waals surface area contributed by atoms with Crippen molar-refractivity contribution in [2.24, 2.45) is 0 Å². The van der Waals surface area contributed by atoms with Gasteiger partial charge >= 0.3 is 0 Å². The zero-order valence-corrected chi connectivity index (χ0v) is 11.4. The summed E-state index contributed by atoms with van der Waals surface area (Å²) in [6, 6.07) is 5.93. The van der Waals surface area contributed by atoms with E-state index in [4.69, 9.17) is 9.84 Å². The molecule has 0 bridgehead atoms. The lowest BCUT2D eigenvalue weighted by Gasteiger charge is -2.27. The van der Waals surface area contributed by atoms with Crippen LogP contribution in [0.2, 0.25) is 0 Å². The Bertz CT molecular complexity index is 434. The molecule has 0 spiro atoms. The molecular formula is C14H20FNO3. The summed E-state index contributed by atoms with van der Waals surface area (Å²) in [5, 5.41) is 11.6. The van der Waals surface area contributed by atoms with Gasteiger partial charge in [-0.1, -0.05) is 12.1 Å². The van der Waals surface area contributed by atoms with Gasteiger partial charge in [-0.3, -0.25) is 4.79 Å². The zero-order valence-electron chi connectivity index (χ0n) is 11.4. The van der Waals surface area contributed by atoms with Crippen molar-refractivity contribution < 1.29 is 19.0 Å². The van der Waals surface area contributed by atoms with Crippen LogP contribution in [0.5, 0.6) is 5.75 Å². The Morgan fingerprint density at radius 2 is 2.11 bits per heavy atom. The number of aliphatic hydroxyl groups excluding tert-OH is 1. The first-order valence-corrected chi connectivity index (χ1v) is 6.20. The van der Waals surface area contributed by atoms with E-state index in [2.05, 4.69) is 5.32 Å². The first-order valence-electron chi connectivity index (χ1n) is 6.20. The Balaban J connectivity index is 2.61. The summed E-state index contributed by atoms with van der Waals surface area (Å²) in [6.45, 7) is 5.14. The first-order chi connectivity index (χ1) is 8.85. The summed E-state index contributed by atoms with van der Waals surface area (Å²) in [4.78, 5) is 11.9. The molecule has 1 aromatic rings. The second kappa shape index (κ2) is 6.52. The van der Waals surface area contributed by atoms with Crippen LogP contribution in [-0.2, 0) is 4.79 Å². The third-order valence-corrected chi connectivity index (χ3v) is 2.71. The summed E-state index contributed by atoms with van der Waals surface area (Å²) < 4.78 is 18.7. The molecule has 1 unspecified atom stereocenters. The molecule has 1 atom stereocenters. The van der Waals surface area contributed by atoms with Crippen molar-refractivity contribution in [1.29, 1.82) is 0 Å². The van der Waals surface area contributed by atoms with Crippen molar-refractivity contribution in [2.45, 2.75) is 38.8 Å². The Morgan fingerprint density at radius 3 is 2.68 bits per heavy atom. The summed E-state index contributed by atoms with van der Waals surface area (Å²) in [7, 11) is 0. The number of carbonyl (C=O) groups is 1. The highest BCUT2D eigenvalue weighted by molar-refractivity contribution is 5.81. The minimum absolute atomic E-state index is 0.0180. The quantitative estimate of drug-likeness (QED) is 0.829. The van der Waals surface area contributed by atoms with Crippen LogP contribution in [-0.4, -0.2) is 29.3 Å². The Kier molecular flexibility index (Phi) is 5.30. The lowest BCUT2D eigenvalue weighted by molar-refractivity contribution is -0.129. The lowest BCUT2D eigenvalue weighted by Crippen LogP contribution is -2.49. The number of benzene rings is 1. The van der Waals surface area contributed by atoms with Crippen LogP contribution in [0.4, 0.5) is 4.39 Å². The van der Waals surface area contributed by atoms with Crippen LogP contribution in [0.15, 0.2) is 24.3 Å². The summed E-state index contributed by atoms with van der Waals surface area (Å²) in [5.41, 5.74) is -0.529. The molecule has 106 valence electrons. The number of rotatable bonds is 6. The molecule has 0 saturated heterocycles. The van der Waals surface area contributed by atoms with Gasteiger partial charge < -0.3 is 15.2 Å². The highest BCUT2D eigenvalue weighted by atomic mass is 19.1. The summed E-state index contributed by atoms with van der Waals surface area (Å²) in [6.07, 6.45) is -0.375. The molecule has 0 aliphatic carbocycles. The van der Waals surface area contributed by atoms with Crippen molar-refractivity contribution in [3.05, 3.63) is 30.1 Å². The number of para-hydroxylation sites is 1. The predicted octanol–water partition coefficient (Wildman–Crippen LogP) is 1.87. The van der Waals surface area contributed by atoms with E-state index in [9.17, 15) is 9.18 Å². The number of carbonyl (C=O) groups excluding carboxylic acids is 1. The lowest BCUT2D eigenvalue weighted by atomic mass is 10.0. The SMILES string of the molecule is CC(Oc1ccccc1F)C(=O)NC(C)(C)CCO. The molecule has 0 heterocycles. The van der Waals surface area contributed by atoms with Gasteiger partial charge in [-0.25, -0.2) is 4.39 Å². The van der Waals surface area contributed by atoms with Crippen LogP contribution in [0, 0.1) is 5.82 Å². The largest absolute Gasteiger partial charge is 0.478 e. The van der Waals surface area contributed by atoms with Crippen molar-refractivity contribution in [2.75, 3.05) is 6.61 Å². The van der Waals surface area contributed by atoms with Gasteiger partial charge in [0.2, 0.25) is 0 Å². The molecular weight excluding hydrogens is 249 g/mol. The van der Waals surface area contributed by atoms with E-state index >= 15 is 0 Å². The van der Waals surface area contributed by atoms with Crippen molar-refractivity contribution in [3.8, 4) is 5.75 Å². The minimum atomic E-state index is -0.810. The monoisotopic (exact) mass is 269 g/mol. The van der Waals surface area contributed by atoms with Crippen LogP contribution >= 0.6 is 0 Å². The van der Waals surface area contributed by atoms with Gasteiger partial charge in [0.1, 0.15) is 0 Å². The van der Waals surface area contributed by atoms with E-state index < -0.39 is 17.5 Å². The fourth-order valence-corrected chi connectivity index (χ4v) is 1.56. The third kappa shape index (κ3) is 4.87. The van der Waals surface area contributed by atoms with Crippen LogP contribution < -0.4 is 10.1 Å². The smallest absolute Gasteiger partial charge is 0.261 e. The van der Waals surface area contributed by atoms with Gasteiger partial charge in [-0.2, -0.15) is 0 Å². The molecule has 2 N–H and O–H groups in total. The predicted molar refractivity (Wildman–Crippen MR) is 70.4 cm³/mol. The molecule has 19 heavy (non-hydrogen) atoms. The summed E-state index contributed by atoms with van der Waals surface area (Å²) >= 11 is 0. The number of ether oxygens (including phenoxy) is 1. The topological polar surface area (TPSA) is 58.6 Å². The third-order valence-electron chi connectivity index (χ3n) is 2.71. The maximum atomic E-state index is 13.4. The molecule has 0 fully saturated rings. The number of amides is 1. The van der Waals surface area contributed by atoms with Gasteiger partial charge in [-0.15, -0.1) is 0 Å². The highest BCUT2D eigenvalue weighted by Crippen LogP contribution is 2.17.